The van der Waals surface area contributed by atoms with Crippen molar-refractivity contribution in [3.63, 3.8) is 0 Å². The smallest absolute Gasteiger partial charge is 0.306 e. The molecule has 2 atom stereocenters. The van der Waals surface area contributed by atoms with Crippen LogP contribution in [0.2, 0.25) is 0 Å². The largest absolute Gasteiger partial charge is 0.481 e. The predicted molar refractivity (Wildman–Crippen MR) is 84.0 cm³/mol. The highest BCUT2D eigenvalue weighted by atomic mass is 16.4. The molecule has 1 aliphatic rings. The van der Waals surface area contributed by atoms with E-state index in [0.717, 1.165) is 25.7 Å². The molecule has 3 rings (SSSR count). The first kappa shape index (κ1) is 13.9. The normalized spacial score (nSPS) is 21.3. The highest BCUT2D eigenvalue weighted by Gasteiger charge is 2.29. The first-order chi connectivity index (χ1) is 10.2. The molecule has 2 aromatic carbocycles. The van der Waals surface area contributed by atoms with Crippen LogP contribution in [0.15, 0.2) is 54.6 Å². The lowest BCUT2D eigenvalue weighted by atomic mass is 9.94. The van der Waals surface area contributed by atoms with Gasteiger partial charge < -0.3 is 5.11 Å². The summed E-state index contributed by atoms with van der Waals surface area (Å²) in [5.74, 6) is -0.250. The highest BCUT2D eigenvalue weighted by molar-refractivity contribution is 5.70. The second kappa shape index (κ2) is 6.13. The number of hydrogen-bond acceptors (Lipinski definition) is 1. The minimum Gasteiger partial charge on any atom is -0.481 e. The van der Waals surface area contributed by atoms with Gasteiger partial charge in [-0.05, 0) is 48.3 Å². The van der Waals surface area contributed by atoms with E-state index in [0.29, 0.717) is 5.92 Å². The topological polar surface area (TPSA) is 37.3 Å². The summed E-state index contributed by atoms with van der Waals surface area (Å²) in [4.78, 5) is 11.0. The summed E-state index contributed by atoms with van der Waals surface area (Å²) in [6, 6.07) is 19.0. The minimum atomic E-state index is -0.629. The van der Waals surface area contributed by atoms with Crippen molar-refractivity contribution in [1.82, 2.24) is 0 Å². The molecule has 0 radical (unpaired) electrons. The Balaban J connectivity index is 1.71. The van der Waals surface area contributed by atoms with Gasteiger partial charge in [0.25, 0.3) is 0 Å². The summed E-state index contributed by atoms with van der Waals surface area (Å²) in [6.45, 7) is 0. The molecule has 1 fully saturated rings. The number of carboxylic acid groups (broad SMARTS) is 1. The van der Waals surface area contributed by atoms with Gasteiger partial charge in [-0.25, -0.2) is 0 Å². The maximum atomic E-state index is 11.0. The van der Waals surface area contributed by atoms with Gasteiger partial charge in [0.05, 0.1) is 5.92 Å². The Morgan fingerprint density at radius 2 is 1.76 bits per heavy atom. The standard InChI is InChI=1S/C19H20O2/c20-19(21)18-10-9-15(13-18)11-14-5-4-8-17(12-14)16-6-2-1-3-7-16/h1-8,12,15,18H,9-11,13H2,(H,20,21)/t15-,18+/m0/s1. The van der Waals surface area contributed by atoms with Crippen LogP contribution in [0.3, 0.4) is 0 Å². The van der Waals surface area contributed by atoms with Gasteiger partial charge in [-0.1, -0.05) is 54.6 Å². The molecule has 2 aromatic rings. The van der Waals surface area contributed by atoms with Gasteiger partial charge in [-0.2, -0.15) is 0 Å². The molecule has 2 heteroatoms. The quantitative estimate of drug-likeness (QED) is 0.901. The van der Waals surface area contributed by atoms with Crippen LogP contribution in [0.4, 0.5) is 0 Å². The average Bonchev–Trinajstić information content (AvgIpc) is 2.97. The molecule has 0 amide bonds. The van der Waals surface area contributed by atoms with E-state index in [9.17, 15) is 4.79 Å². The molecule has 0 spiro atoms. The molecule has 0 aliphatic heterocycles. The molecule has 0 unspecified atom stereocenters. The summed E-state index contributed by atoms with van der Waals surface area (Å²) >= 11 is 0. The minimum absolute atomic E-state index is 0.132. The molecule has 0 saturated heterocycles. The molecule has 1 aliphatic carbocycles. The van der Waals surface area contributed by atoms with Crippen LogP contribution in [-0.2, 0) is 11.2 Å². The molecule has 21 heavy (non-hydrogen) atoms. The summed E-state index contributed by atoms with van der Waals surface area (Å²) in [5, 5.41) is 9.09. The fraction of sp³-hybridized carbons (Fsp3) is 0.316. The van der Waals surface area contributed by atoms with E-state index in [1.807, 2.05) is 6.07 Å². The second-order valence-corrected chi connectivity index (χ2v) is 5.98. The summed E-state index contributed by atoms with van der Waals surface area (Å²) in [7, 11) is 0. The van der Waals surface area contributed by atoms with Gasteiger partial charge in [-0.3, -0.25) is 4.79 Å². The molecular weight excluding hydrogens is 260 g/mol. The monoisotopic (exact) mass is 280 g/mol. The number of benzene rings is 2. The second-order valence-electron chi connectivity index (χ2n) is 5.98. The van der Waals surface area contributed by atoms with Crippen LogP contribution >= 0.6 is 0 Å². The lowest BCUT2D eigenvalue weighted by Crippen LogP contribution is -2.10. The van der Waals surface area contributed by atoms with E-state index in [2.05, 4.69) is 48.5 Å². The Kier molecular flexibility index (Phi) is 4.05. The molecule has 0 heterocycles. The van der Waals surface area contributed by atoms with Crippen molar-refractivity contribution < 1.29 is 9.90 Å². The molecular formula is C19H20O2. The van der Waals surface area contributed by atoms with Crippen LogP contribution in [0.25, 0.3) is 11.1 Å². The van der Waals surface area contributed by atoms with Crippen LogP contribution in [-0.4, -0.2) is 11.1 Å². The molecule has 2 nitrogen and oxygen atoms in total. The predicted octanol–water partition coefficient (Wildman–Crippen LogP) is 4.40. The Bertz CT molecular complexity index is 618. The Hall–Kier alpha value is -2.09. The van der Waals surface area contributed by atoms with Crippen LogP contribution < -0.4 is 0 Å². The van der Waals surface area contributed by atoms with Crippen LogP contribution in [0, 0.1) is 11.8 Å². The van der Waals surface area contributed by atoms with E-state index in [1.165, 1.54) is 16.7 Å². The third-order valence-electron chi connectivity index (χ3n) is 4.45. The van der Waals surface area contributed by atoms with E-state index >= 15 is 0 Å². The lowest BCUT2D eigenvalue weighted by molar-refractivity contribution is -0.141. The maximum absolute atomic E-state index is 11.0. The van der Waals surface area contributed by atoms with E-state index in [1.54, 1.807) is 0 Å². The number of carbonyl (C=O) groups is 1. The van der Waals surface area contributed by atoms with Gasteiger partial charge in [0.1, 0.15) is 0 Å². The number of carboxylic acids is 1. The van der Waals surface area contributed by atoms with Crippen LogP contribution in [0.1, 0.15) is 24.8 Å². The summed E-state index contributed by atoms with van der Waals surface area (Å²) in [5.41, 5.74) is 3.78. The first-order valence-electron chi connectivity index (χ1n) is 7.59. The van der Waals surface area contributed by atoms with Crippen molar-refractivity contribution in [1.29, 1.82) is 0 Å². The zero-order valence-corrected chi connectivity index (χ0v) is 12.0. The third-order valence-corrected chi connectivity index (χ3v) is 4.45. The highest BCUT2D eigenvalue weighted by Crippen LogP contribution is 2.34. The van der Waals surface area contributed by atoms with E-state index in [-0.39, 0.29) is 5.92 Å². The van der Waals surface area contributed by atoms with Crippen molar-refractivity contribution in [2.75, 3.05) is 0 Å². The maximum Gasteiger partial charge on any atom is 0.306 e. The number of aliphatic carboxylic acids is 1. The van der Waals surface area contributed by atoms with Gasteiger partial charge >= 0.3 is 5.97 Å². The van der Waals surface area contributed by atoms with Gasteiger partial charge in [0.15, 0.2) is 0 Å². The summed E-state index contributed by atoms with van der Waals surface area (Å²) in [6.07, 6.45) is 3.68. The van der Waals surface area contributed by atoms with Crippen LogP contribution in [0.5, 0.6) is 0 Å². The lowest BCUT2D eigenvalue weighted by Gasteiger charge is -2.11. The van der Waals surface area contributed by atoms with E-state index in [4.69, 9.17) is 5.11 Å². The number of hydrogen-bond donors (Lipinski definition) is 1. The van der Waals surface area contributed by atoms with E-state index < -0.39 is 5.97 Å². The molecule has 0 aromatic heterocycles. The fourth-order valence-corrected chi connectivity index (χ4v) is 3.33. The van der Waals surface area contributed by atoms with Crippen molar-refractivity contribution in [2.24, 2.45) is 11.8 Å². The van der Waals surface area contributed by atoms with Gasteiger partial charge in [0.2, 0.25) is 0 Å². The Morgan fingerprint density at radius 1 is 1.00 bits per heavy atom. The third kappa shape index (κ3) is 3.33. The Morgan fingerprint density at radius 3 is 2.48 bits per heavy atom. The summed E-state index contributed by atoms with van der Waals surface area (Å²) < 4.78 is 0. The molecule has 0 bridgehead atoms. The first-order valence-corrected chi connectivity index (χ1v) is 7.59. The average molecular weight is 280 g/mol. The SMILES string of the molecule is O=C(O)[C@@H]1CC[C@@H](Cc2cccc(-c3ccccc3)c2)C1. The van der Waals surface area contributed by atoms with Crippen molar-refractivity contribution in [3.8, 4) is 11.1 Å². The van der Waals surface area contributed by atoms with Crippen molar-refractivity contribution >= 4 is 5.97 Å². The van der Waals surface area contributed by atoms with Crippen molar-refractivity contribution in [3.05, 3.63) is 60.2 Å². The van der Waals surface area contributed by atoms with Gasteiger partial charge in [0, 0.05) is 0 Å². The van der Waals surface area contributed by atoms with Gasteiger partial charge in [-0.15, -0.1) is 0 Å². The zero-order valence-electron chi connectivity index (χ0n) is 12.0. The molecule has 1 N–H and O–H groups in total. The fourth-order valence-electron chi connectivity index (χ4n) is 3.33. The Labute approximate surface area is 125 Å². The zero-order chi connectivity index (χ0) is 14.7. The molecule has 1 saturated carbocycles. The molecule has 108 valence electrons. The van der Waals surface area contributed by atoms with Crippen molar-refractivity contribution in [2.45, 2.75) is 25.7 Å². The number of rotatable bonds is 4.